The van der Waals surface area contributed by atoms with Crippen molar-refractivity contribution in [1.29, 1.82) is 10.5 Å². The van der Waals surface area contributed by atoms with E-state index in [1.165, 1.54) is 0 Å². The molecule has 0 saturated carbocycles. The molecule has 0 aliphatic carbocycles. The summed E-state index contributed by atoms with van der Waals surface area (Å²) in [5.41, 5.74) is 14.8. The molecule has 0 spiro atoms. The molecule has 6 N–H and O–H groups in total. The van der Waals surface area contributed by atoms with Gasteiger partial charge in [-0.25, -0.2) is 9.98 Å². The van der Waals surface area contributed by atoms with Crippen LogP contribution in [0.2, 0.25) is 0 Å². The van der Waals surface area contributed by atoms with Gasteiger partial charge in [0.25, 0.3) is 0 Å². The van der Waals surface area contributed by atoms with Gasteiger partial charge in [-0.05, 0) is 26.8 Å². The number of anilines is 4. The van der Waals surface area contributed by atoms with Gasteiger partial charge in [-0.15, -0.1) is 0 Å². The summed E-state index contributed by atoms with van der Waals surface area (Å²) < 4.78 is 5.95. The van der Waals surface area contributed by atoms with Crippen LogP contribution in [0.5, 0.6) is 5.75 Å². The summed E-state index contributed by atoms with van der Waals surface area (Å²) in [4.78, 5) is 11.1. The van der Waals surface area contributed by atoms with E-state index >= 15 is 0 Å². The van der Waals surface area contributed by atoms with Crippen LogP contribution in [0.15, 0.2) is 23.2 Å². The average Bonchev–Trinajstić information content (AvgIpc) is 2.75. The van der Waals surface area contributed by atoms with Crippen LogP contribution in [0.3, 0.4) is 0 Å². The van der Waals surface area contributed by atoms with Gasteiger partial charge in [0.2, 0.25) is 5.96 Å². The molecule has 0 amide bonds. The van der Waals surface area contributed by atoms with Crippen LogP contribution in [-0.4, -0.2) is 30.6 Å². The first kappa shape index (κ1) is 21.5. The zero-order valence-corrected chi connectivity index (χ0v) is 17.7. The highest BCUT2D eigenvalue weighted by Gasteiger charge is 2.31. The molecular formula is C21H25N9O. The van der Waals surface area contributed by atoms with E-state index < -0.39 is 6.04 Å². The van der Waals surface area contributed by atoms with Gasteiger partial charge < -0.3 is 26.4 Å². The van der Waals surface area contributed by atoms with Crippen LogP contribution in [-0.2, 0) is 0 Å². The summed E-state index contributed by atoms with van der Waals surface area (Å²) >= 11 is 0. The second kappa shape index (κ2) is 9.09. The standard InChI is InChI=1S/C21H25N9O/c1-4-30(5-2)12-7-8-13(15(9-12)31-6-3)18-16-17(24)14(10-22)19(25)28-20(16)29-21(27-18)26-11-23/h7-9,18H,4-6H2,1-3H3,(H6,24,25,26,27,28,29). The Balaban J connectivity index is 2.24. The summed E-state index contributed by atoms with van der Waals surface area (Å²) in [7, 11) is 0. The molecule has 160 valence electrons. The fourth-order valence-corrected chi connectivity index (χ4v) is 3.62. The Kier molecular flexibility index (Phi) is 6.32. The van der Waals surface area contributed by atoms with Crippen molar-refractivity contribution in [1.82, 2.24) is 10.3 Å². The maximum Gasteiger partial charge on any atom is 0.211 e. The number of nitrogen functional groups attached to an aromatic ring is 2. The molecule has 0 saturated heterocycles. The molecule has 0 fully saturated rings. The second-order valence-electron chi connectivity index (χ2n) is 6.73. The van der Waals surface area contributed by atoms with E-state index in [1.54, 1.807) is 0 Å². The van der Waals surface area contributed by atoms with E-state index in [2.05, 4.69) is 39.4 Å². The molecule has 3 rings (SSSR count). The number of nitrogens with one attached hydrogen (secondary N) is 2. The van der Waals surface area contributed by atoms with Crippen molar-refractivity contribution in [2.75, 3.05) is 41.4 Å². The number of benzene rings is 1. The summed E-state index contributed by atoms with van der Waals surface area (Å²) in [6, 6.07) is 7.23. The molecule has 1 aromatic heterocycles. The van der Waals surface area contributed by atoms with Crippen molar-refractivity contribution in [2.24, 2.45) is 4.99 Å². The molecule has 10 nitrogen and oxygen atoms in total. The Hall–Kier alpha value is -4.18. The van der Waals surface area contributed by atoms with Crippen molar-refractivity contribution in [3.8, 4) is 18.0 Å². The quantitative estimate of drug-likeness (QED) is 0.406. The molecule has 0 radical (unpaired) electrons. The molecule has 2 heterocycles. The number of nitrogens with zero attached hydrogens (tertiary/aromatic N) is 5. The second-order valence-corrected chi connectivity index (χ2v) is 6.73. The largest absolute Gasteiger partial charge is 0.493 e. The lowest BCUT2D eigenvalue weighted by Gasteiger charge is -2.28. The molecule has 31 heavy (non-hydrogen) atoms. The van der Waals surface area contributed by atoms with E-state index in [4.69, 9.17) is 21.5 Å². The van der Waals surface area contributed by atoms with Crippen LogP contribution < -0.4 is 31.7 Å². The topological polar surface area (TPSA) is 161 Å². The van der Waals surface area contributed by atoms with Crippen LogP contribution in [0.1, 0.15) is 43.5 Å². The third-order valence-electron chi connectivity index (χ3n) is 5.08. The van der Waals surface area contributed by atoms with Gasteiger partial charge in [0, 0.05) is 36.0 Å². The minimum absolute atomic E-state index is 0.00474. The van der Waals surface area contributed by atoms with Gasteiger partial charge in [0.05, 0.1) is 12.3 Å². The van der Waals surface area contributed by atoms with Crippen molar-refractivity contribution >= 4 is 29.0 Å². The molecule has 1 aliphatic heterocycles. The van der Waals surface area contributed by atoms with Gasteiger partial charge in [-0.3, -0.25) is 5.32 Å². The van der Waals surface area contributed by atoms with E-state index in [1.807, 2.05) is 37.4 Å². The summed E-state index contributed by atoms with van der Waals surface area (Å²) in [5.74, 6) is 1.18. The van der Waals surface area contributed by atoms with E-state index in [9.17, 15) is 5.26 Å². The summed E-state index contributed by atoms with van der Waals surface area (Å²) in [6.07, 6.45) is 1.85. The van der Waals surface area contributed by atoms with Gasteiger partial charge >= 0.3 is 0 Å². The molecule has 1 unspecified atom stereocenters. The number of guanidine groups is 1. The number of aliphatic imine (C=N–C) groups is 1. The van der Waals surface area contributed by atoms with Gasteiger partial charge in [-0.2, -0.15) is 10.5 Å². The number of hydrogen-bond acceptors (Lipinski definition) is 10. The van der Waals surface area contributed by atoms with Crippen molar-refractivity contribution in [3.05, 3.63) is 34.9 Å². The number of ether oxygens (including phenoxy) is 1. The summed E-state index contributed by atoms with van der Waals surface area (Å²) in [5, 5.41) is 24.0. The maximum atomic E-state index is 9.49. The molecule has 1 aliphatic rings. The Morgan fingerprint density at radius 2 is 1.97 bits per heavy atom. The van der Waals surface area contributed by atoms with Crippen molar-refractivity contribution < 1.29 is 4.74 Å². The monoisotopic (exact) mass is 419 g/mol. The third kappa shape index (κ3) is 3.96. The third-order valence-corrected chi connectivity index (χ3v) is 5.08. The van der Waals surface area contributed by atoms with Crippen molar-refractivity contribution in [2.45, 2.75) is 26.8 Å². The smallest absolute Gasteiger partial charge is 0.211 e. The Labute approximate surface area is 181 Å². The highest BCUT2D eigenvalue weighted by molar-refractivity contribution is 5.98. The predicted molar refractivity (Wildman–Crippen MR) is 121 cm³/mol. The molecule has 10 heteroatoms. The number of fused-ring (bicyclic) bond motifs is 1. The molecule has 1 atom stereocenters. The normalized spacial score (nSPS) is 14.4. The predicted octanol–water partition coefficient (Wildman–Crippen LogP) is 2.30. The zero-order valence-electron chi connectivity index (χ0n) is 17.7. The number of pyridine rings is 1. The highest BCUT2D eigenvalue weighted by atomic mass is 16.5. The SMILES string of the molecule is CCOc1cc(N(CC)CC)ccc1C1N=C(NC#N)Nc2nc(N)c(C#N)c(N)c21. The van der Waals surface area contributed by atoms with Gasteiger partial charge in [0.1, 0.15) is 35.1 Å². The van der Waals surface area contributed by atoms with E-state index in [0.717, 1.165) is 24.3 Å². The average molecular weight is 419 g/mol. The molecule has 0 bridgehead atoms. The van der Waals surface area contributed by atoms with Gasteiger partial charge in [0.15, 0.2) is 6.19 Å². The molecular weight excluding hydrogens is 394 g/mol. The lowest BCUT2D eigenvalue weighted by Crippen LogP contribution is -2.33. The minimum Gasteiger partial charge on any atom is -0.493 e. The van der Waals surface area contributed by atoms with Crippen LogP contribution in [0.4, 0.5) is 23.0 Å². The number of rotatable bonds is 6. The Morgan fingerprint density at radius 1 is 1.23 bits per heavy atom. The first-order valence-electron chi connectivity index (χ1n) is 9.99. The van der Waals surface area contributed by atoms with Crippen LogP contribution in [0, 0.1) is 22.8 Å². The summed E-state index contributed by atoms with van der Waals surface area (Å²) in [6.45, 7) is 8.25. The molecule has 1 aromatic carbocycles. The first-order valence-corrected chi connectivity index (χ1v) is 9.99. The Bertz CT molecular complexity index is 1090. The fourth-order valence-electron chi connectivity index (χ4n) is 3.62. The number of hydrogen-bond donors (Lipinski definition) is 4. The molecule has 2 aromatic rings. The highest BCUT2D eigenvalue weighted by Crippen LogP contribution is 2.44. The van der Waals surface area contributed by atoms with Crippen molar-refractivity contribution in [3.63, 3.8) is 0 Å². The van der Waals surface area contributed by atoms with Gasteiger partial charge in [-0.1, -0.05) is 6.07 Å². The Morgan fingerprint density at radius 3 is 2.58 bits per heavy atom. The van der Waals surface area contributed by atoms with E-state index in [-0.39, 0.29) is 23.0 Å². The maximum absolute atomic E-state index is 9.49. The van der Waals surface area contributed by atoms with Crippen LogP contribution in [0.25, 0.3) is 0 Å². The van der Waals surface area contributed by atoms with Crippen LogP contribution >= 0.6 is 0 Å². The number of nitrogens with two attached hydrogens (primary N) is 2. The lowest BCUT2D eigenvalue weighted by atomic mass is 9.94. The fraction of sp³-hybridized carbons (Fsp3) is 0.333. The number of nitriles is 2. The number of aromatic nitrogens is 1. The first-order chi connectivity index (χ1) is 15.0. The van der Waals surface area contributed by atoms with E-state index in [0.29, 0.717) is 23.7 Å². The lowest BCUT2D eigenvalue weighted by molar-refractivity contribution is 0.335. The minimum atomic E-state index is -0.653. The zero-order chi connectivity index (χ0) is 22.5.